The quantitative estimate of drug-likeness (QED) is 0.618. The molecule has 10 heteroatoms. The van der Waals surface area contributed by atoms with Crippen LogP contribution in [0, 0.1) is 11.6 Å². The summed E-state index contributed by atoms with van der Waals surface area (Å²) in [6, 6.07) is 4.54. The lowest BCUT2D eigenvalue weighted by atomic mass is 10.3. The number of esters is 1. The number of ether oxygens (including phenoxy) is 1. The predicted molar refractivity (Wildman–Crippen MR) is 107 cm³/mol. The van der Waals surface area contributed by atoms with Crippen LogP contribution in [0.1, 0.15) is 5.56 Å². The van der Waals surface area contributed by atoms with E-state index in [0.717, 1.165) is 39.7 Å². The molecule has 0 radical (unpaired) electrons. The van der Waals surface area contributed by atoms with E-state index < -0.39 is 35.6 Å². The number of methoxy groups -OCH3 is 1. The first kappa shape index (κ1) is 20.6. The number of nitrogens with one attached hydrogen (secondary N) is 1. The van der Waals surface area contributed by atoms with Gasteiger partial charge in [-0.05, 0) is 40.6 Å². The molecule has 3 rings (SSSR count). The van der Waals surface area contributed by atoms with Crippen LogP contribution in [0.15, 0.2) is 39.8 Å². The van der Waals surface area contributed by atoms with Crippen molar-refractivity contribution in [2.75, 3.05) is 12.4 Å². The van der Waals surface area contributed by atoms with Gasteiger partial charge < -0.3 is 10.1 Å². The van der Waals surface area contributed by atoms with Crippen LogP contribution in [0.25, 0.3) is 12.2 Å². The zero-order chi connectivity index (χ0) is 21.0. The summed E-state index contributed by atoms with van der Waals surface area (Å²) in [5, 5.41) is 5.98. The van der Waals surface area contributed by atoms with Crippen molar-refractivity contribution < 1.29 is 23.1 Å². The van der Waals surface area contributed by atoms with Gasteiger partial charge in [-0.15, -0.1) is 11.3 Å². The van der Waals surface area contributed by atoms with Gasteiger partial charge in [0.15, 0.2) is 0 Å². The molecule has 0 fully saturated rings. The third-order valence-electron chi connectivity index (χ3n) is 3.73. The number of amides is 1. The summed E-state index contributed by atoms with van der Waals surface area (Å²) < 4.78 is 33.0. The van der Waals surface area contributed by atoms with Crippen molar-refractivity contribution in [3.8, 4) is 0 Å². The fourth-order valence-electron chi connectivity index (χ4n) is 2.39. The van der Waals surface area contributed by atoms with Crippen LogP contribution in [0.5, 0.6) is 0 Å². The first-order valence-corrected chi connectivity index (χ1v) is 9.91. The molecule has 2 heterocycles. The van der Waals surface area contributed by atoms with Gasteiger partial charge in [-0.25, -0.2) is 13.6 Å². The lowest BCUT2D eigenvalue weighted by Crippen LogP contribution is -2.36. The fraction of sp³-hybridized carbons (Fsp3) is 0.105. The van der Waals surface area contributed by atoms with E-state index in [9.17, 15) is 23.2 Å². The van der Waals surface area contributed by atoms with Gasteiger partial charge in [0.05, 0.1) is 23.4 Å². The average Bonchev–Trinajstić information content (AvgIpc) is 3.28. The van der Waals surface area contributed by atoms with Gasteiger partial charge in [0.25, 0.3) is 5.56 Å². The number of thiophene rings is 1. The Morgan fingerprint density at radius 3 is 2.72 bits per heavy atom. The molecule has 1 aromatic carbocycles. The highest BCUT2D eigenvalue weighted by Gasteiger charge is 2.13. The third-order valence-corrected chi connectivity index (χ3v) is 5.49. The zero-order valence-corrected chi connectivity index (χ0v) is 16.6. The van der Waals surface area contributed by atoms with Crippen molar-refractivity contribution in [2.24, 2.45) is 0 Å². The standard InChI is InChI=1S/C19H14F2N2O4S2/c1-27-18(25)8-17-23(19(26)15(29-17)6-11-4-5-28-10-11)9-16(24)22-14-3-2-12(20)7-13(14)21/h2-8,10H,9H2,1H3,(H,22,24)/b15-6-,17-8-. The van der Waals surface area contributed by atoms with Crippen molar-refractivity contribution in [1.29, 1.82) is 0 Å². The number of carbonyl (C=O) groups excluding carboxylic acids is 2. The normalized spacial score (nSPS) is 12.2. The van der Waals surface area contributed by atoms with Gasteiger partial charge in [0.2, 0.25) is 5.91 Å². The van der Waals surface area contributed by atoms with E-state index in [4.69, 9.17) is 0 Å². The highest BCUT2D eigenvalue weighted by molar-refractivity contribution is 7.08. The van der Waals surface area contributed by atoms with E-state index in [2.05, 4.69) is 10.1 Å². The number of hydrogen-bond donors (Lipinski definition) is 1. The molecule has 0 aliphatic rings. The van der Waals surface area contributed by atoms with Crippen LogP contribution in [0.2, 0.25) is 0 Å². The Morgan fingerprint density at radius 1 is 1.28 bits per heavy atom. The molecule has 0 saturated carbocycles. The summed E-state index contributed by atoms with van der Waals surface area (Å²) >= 11 is 2.48. The van der Waals surface area contributed by atoms with Crippen molar-refractivity contribution >= 4 is 52.4 Å². The third kappa shape index (κ3) is 5.04. The van der Waals surface area contributed by atoms with E-state index in [1.54, 1.807) is 6.08 Å². The Labute approximate surface area is 171 Å². The topological polar surface area (TPSA) is 77.4 Å². The molecule has 1 N–H and O–H groups in total. The van der Waals surface area contributed by atoms with E-state index in [1.807, 2.05) is 16.8 Å². The van der Waals surface area contributed by atoms with Crippen LogP contribution in [0.3, 0.4) is 0 Å². The minimum absolute atomic E-state index is 0.207. The number of nitrogens with zero attached hydrogens (tertiary/aromatic N) is 1. The van der Waals surface area contributed by atoms with Crippen LogP contribution < -0.4 is 20.1 Å². The number of carbonyl (C=O) groups is 2. The van der Waals surface area contributed by atoms with Crippen LogP contribution in [-0.2, 0) is 20.9 Å². The largest absolute Gasteiger partial charge is 0.466 e. The van der Waals surface area contributed by atoms with Crippen molar-refractivity contribution in [3.63, 3.8) is 0 Å². The first-order valence-electron chi connectivity index (χ1n) is 8.15. The summed E-state index contributed by atoms with van der Waals surface area (Å²) in [5.74, 6) is -3.12. The maximum atomic E-state index is 13.7. The van der Waals surface area contributed by atoms with Gasteiger partial charge in [-0.2, -0.15) is 11.3 Å². The van der Waals surface area contributed by atoms with Crippen LogP contribution in [0.4, 0.5) is 14.5 Å². The van der Waals surface area contributed by atoms with E-state index >= 15 is 0 Å². The second-order valence-corrected chi connectivity index (χ2v) is 7.58. The summed E-state index contributed by atoms with van der Waals surface area (Å²) in [6.45, 7) is -0.466. The summed E-state index contributed by atoms with van der Waals surface area (Å²) in [5.41, 5.74) is 0.109. The number of rotatable bonds is 5. The number of hydrogen-bond acceptors (Lipinski definition) is 6. The molecule has 2 aromatic heterocycles. The van der Waals surface area contributed by atoms with Gasteiger partial charge in [0, 0.05) is 6.07 Å². The molecule has 3 aromatic rings. The van der Waals surface area contributed by atoms with E-state index in [1.165, 1.54) is 18.4 Å². The summed E-state index contributed by atoms with van der Waals surface area (Å²) in [6.07, 6.45) is 2.74. The number of aromatic nitrogens is 1. The predicted octanol–water partition coefficient (Wildman–Crippen LogP) is 1.67. The molecule has 150 valence electrons. The summed E-state index contributed by atoms with van der Waals surface area (Å²) in [4.78, 5) is 36.7. The van der Waals surface area contributed by atoms with Gasteiger partial charge in [-0.1, -0.05) is 0 Å². The van der Waals surface area contributed by atoms with E-state index in [0.29, 0.717) is 10.6 Å². The molecule has 6 nitrogen and oxygen atoms in total. The fourth-order valence-corrected chi connectivity index (χ4v) is 4.03. The monoisotopic (exact) mass is 436 g/mol. The minimum atomic E-state index is -0.941. The molecule has 0 saturated heterocycles. The Morgan fingerprint density at radius 2 is 2.07 bits per heavy atom. The Balaban J connectivity index is 1.97. The molecule has 0 bridgehead atoms. The zero-order valence-electron chi connectivity index (χ0n) is 15.0. The SMILES string of the molecule is COC(=O)/C=c1\s/c(=C\c2ccsc2)c(=O)n1CC(=O)Nc1ccc(F)cc1F. The molecular formula is C19H14F2N2O4S2. The van der Waals surface area contributed by atoms with Crippen LogP contribution in [-0.4, -0.2) is 23.6 Å². The second kappa shape index (κ2) is 8.93. The van der Waals surface area contributed by atoms with Gasteiger partial charge in [-0.3, -0.25) is 14.2 Å². The van der Waals surface area contributed by atoms with Crippen molar-refractivity contribution in [2.45, 2.75) is 6.54 Å². The lowest BCUT2D eigenvalue weighted by molar-refractivity contribution is -0.133. The highest BCUT2D eigenvalue weighted by atomic mass is 32.1. The first-order chi connectivity index (χ1) is 13.9. The maximum absolute atomic E-state index is 13.7. The summed E-state index contributed by atoms with van der Waals surface area (Å²) in [7, 11) is 1.19. The molecule has 0 aliphatic carbocycles. The van der Waals surface area contributed by atoms with Crippen molar-refractivity contribution in [3.05, 3.63) is 71.8 Å². The minimum Gasteiger partial charge on any atom is -0.466 e. The Hall–Kier alpha value is -3.11. The molecule has 0 unspecified atom stereocenters. The molecule has 29 heavy (non-hydrogen) atoms. The molecule has 1 amide bonds. The molecule has 0 spiro atoms. The number of halogens is 2. The van der Waals surface area contributed by atoms with Gasteiger partial charge in [0.1, 0.15) is 22.8 Å². The molecule has 0 aliphatic heterocycles. The average molecular weight is 436 g/mol. The number of anilines is 1. The van der Waals surface area contributed by atoms with Crippen molar-refractivity contribution in [1.82, 2.24) is 4.57 Å². The van der Waals surface area contributed by atoms with E-state index in [-0.39, 0.29) is 10.4 Å². The highest BCUT2D eigenvalue weighted by Crippen LogP contribution is 2.14. The maximum Gasteiger partial charge on any atom is 0.333 e. The smallest absolute Gasteiger partial charge is 0.333 e. The lowest BCUT2D eigenvalue weighted by Gasteiger charge is -2.07. The molecular weight excluding hydrogens is 422 g/mol. The number of benzene rings is 1. The Bertz CT molecular complexity index is 1230. The van der Waals surface area contributed by atoms with Gasteiger partial charge >= 0.3 is 5.97 Å². The molecule has 0 atom stereocenters. The Kier molecular flexibility index (Phi) is 6.35. The van der Waals surface area contributed by atoms with Crippen LogP contribution >= 0.6 is 22.7 Å². The second-order valence-electron chi connectivity index (χ2n) is 5.74. The number of thiazole rings is 1.